The molecule has 0 N–H and O–H groups in total. The minimum absolute atomic E-state index is 0.785. The molecule has 10 heavy (non-hydrogen) atoms. The molecule has 0 aliphatic carbocycles. The molecule has 0 amide bonds. The molecule has 0 heterocycles. The van der Waals surface area contributed by atoms with E-state index in [1.54, 1.807) is 5.41 Å². The van der Waals surface area contributed by atoms with Crippen molar-refractivity contribution < 1.29 is 4.21 Å². The van der Waals surface area contributed by atoms with Gasteiger partial charge in [-0.1, -0.05) is 30.2 Å². The zero-order valence-electron chi connectivity index (χ0n) is 6.50. The van der Waals surface area contributed by atoms with Crippen LogP contribution in [0.2, 0.25) is 0 Å². The molecule has 0 rings (SSSR count). The molecular weight excluding hydrogens is 164 g/mol. The largest absolute Gasteiger partial charge is 0.243 e. The van der Waals surface area contributed by atoms with Gasteiger partial charge in [0.15, 0.2) is 0 Å². The summed E-state index contributed by atoms with van der Waals surface area (Å²) < 4.78 is 10.9. The van der Waals surface area contributed by atoms with Crippen molar-refractivity contribution in [2.24, 2.45) is 0 Å². The number of allylic oxidation sites excluding steroid dienone is 1. The molecule has 0 aromatic heterocycles. The number of unbranched alkanes of at least 4 members (excludes halogenated alkanes) is 1. The Kier molecular flexibility index (Phi) is 7.52. The van der Waals surface area contributed by atoms with Crippen LogP contribution >= 0.6 is 10.8 Å². The second kappa shape index (κ2) is 7.35. The Labute approximate surface area is 69.1 Å². The summed E-state index contributed by atoms with van der Waals surface area (Å²) >= 11 is 0. The first-order valence-electron chi connectivity index (χ1n) is 3.48. The molecular formula is C7H14OS2. The maximum absolute atomic E-state index is 10.9. The third-order valence-corrected chi connectivity index (χ3v) is 3.66. The van der Waals surface area contributed by atoms with E-state index in [1.165, 1.54) is 17.2 Å². The summed E-state index contributed by atoms with van der Waals surface area (Å²) in [5.74, 6) is 1.01. The molecule has 0 aromatic carbocycles. The Bertz CT molecular complexity index is 121. The molecule has 0 aliphatic rings. The van der Waals surface area contributed by atoms with E-state index in [1.807, 2.05) is 13.0 Å². The lowest BCUT2D eigenvalue weighted by molar-refractivity contribution is 0.696. The van der Waals surface area contributed by atoms with E-state index < -0.39 is 9.83 Å². The quantitative estimate of drug-likeness (QED) is 0.475. The number of hydrogen-bond acceptors (Lipinski definition) is 2. The molecule has 0 aromatic rings. The average molecular weight is 178 g/mol. The van der Waals surface area contributed by atoms with E-state index in [4.69, 9.17) is 0 Å². The van der Waals surface area contributed by atoms with Crippen molar-refractivity contribution in [2.75, 3.05) is 5.75 Å². The molecule has 0 saturated heterocycles. The summed E-state index contributed by atoms with van der Waals surface area (Å²) in [7, 11) is 0.726. The first kappa shape index (κ1) is 10.2. The fraction of sp³-hybridized carbons (Fsp3) is 0.714. The Morgan fingerprint density at radius 1 is 1.60 bits per heavy atom. The smallest absolute Gasteiger partial charge is 0.105 e. The van der Waals surface area contributed by atoms with Gasteiger partial charge in [-0.05, 0) is 13.3 Å². The Morgan fingerprint density at radius 3 is 2.80 bits per heavy atom. The summed E-state index contributed by atoms with van der Waals surface area (Å²) in [4.78, 5) is 0. The summed E-state index contributed by atoms with van der Waals surface area (Å²) in [5, 5.41) is 1.72. The molecule has 0 aliphatic heterocycles. The van der Waals surface area contributed by atoms with Crippen molar-refractivity contribution in [1.29, 1.82) is 0 Å². The standard InChI is InChI=1S/C7H14OS2/c1-3-5-6-9-10(8)7-4-2/h4,7H,3,5-6H2,1-2H3. The van der Waals surface area contributed by atoms with Crippen LogP contribution in [0.1, 0.15) is 26.7 Å². The van der Waals surface area contributed by atoms with Crippen molar-refractivity contribution in [1.82, 2.24) is 0 Å². The predicted octanol–water partition coefficient (Wildman–Crippen LogP) is 2.72. The van der Waals surface area contributed by atoms with E-state index in [0.29, 0.717) is 0 Å². The molecule has 1 unspecified atom stereocenters. The third kappa shape index (κ3) is 6.36. The Hall–Kier alpha value is 0.240. The molecule has 0 spiro atoms. The molecule has 1 atom stereocenters. The zero-order valence-corrected chi connectivity index (χ0v) is 8.13. The van der Waals surface area contributed by atoms with Crippen LogP contribution in [0.4, 0.5) is 0 Å². The zero-order chi connectivity index (χ0) is 7.82. The van der Waals surface area contributed by atoms with Crippen molar-refractivity contribution in [3.05, 3.63) is 11.5 Å². The van der Waals surface area contributed by atoms with Crippen molar-refractivity contribution in [2.45, 2.75) is 26.7 Å². The summed E-state index contributed by atoms with van der Waals surface area (Å²) in [6, 6.07) is 0. The molecule has 3 heteroatoms. The lowest BCUT2D eigenvalue weighted by Gasteiger charge is -1.93. The highest BCUT2D eigenvalue weighted by Crippen LogP contribution is 2.10. The van der Waals surface area contributed by atoms with Crippen LogP contribution < -0.4 is 0 Å². The maximum Gasteiger partial charge on any atom is 0.105 e. The highest BCUT2D eigenvalue weighted by atomic mass is 33.1. The Balaban J connectivity index is 3.22. The van der Waals surface area contributed by atoms with Gasteiger partial charge in [-0.25, -0.2) is 4.21 Å². The lowest BCUT2D eigenvalue weighted by atomic mass is 10.4. The number of hydrogen-bond donors (Lipinski definition) is 0. The van der Waals surface area contributed by atoms with Gasteiger partial charge in [0.2, 0.25) is 0 Å². The van der Waals surface area contributed by atoms with Gasteiger partial charge in [0.25, 0.3) is 0 Å². The van der Waals surface area contributed by atoms with Crippen LogP contribution in [0, 0.1) is 0 Å². The predicted molar refractivity (Wildman–Crippen MR) is 50.3 cm³/mol. The van der Waals surface area contributed by atoms with Gasteiger partial charge in [0.1, 0.15) is 9.83 Å². The topological polar surface area (TPSA) is 17.1 Å². The van der Waals surface area contributed by atoms with Crippen LogP contribution in [-0.4, -0.2) is 9.96 Å². The van der Waals surface area contributed by atoms with E-state index in [9.17, 15) is 4.21 Å². The summed E-state index contributed by atoms with van der Waals surface area (Å²) in [6.45, 7) is 4.03. The monoisotopic (exact) mass is 178 g/mol. The summed E-state index contributed by atoms with van der Waals surface area (Å²) in [6.07, 6.45) is 4.17. The van der Waals surface area contributed by atoms with Gasteiger partial charge < -0.3 is 0 Å². The van der Waals surface area contributed by atoms with Crippen LogP contribution in [0.3, 0.4) is 0 Å². The summed E-state index contributed by atoms with van der Waals surface area (Å²) in [5.41, 5.74) is 0. The molecule has 0 radical (unpaired) electrons. The molecule has 0 saturated carbocycles. The van der Waals surface area contributed by atoms with Crippen LogP contribution in [0.5, 0.6) is 0 Å². The van der Waals surface area contributed by atoms with Crippen LogP contribution in [0.25, 0.3) is 0 Å². The second-order valence-electron chi connectivity index (χ2n) is 1.91. The highest BCUT2D eigenvalue weighted by Gasteiger charge is 1.92. The van der Waals surface area contributed by atoms with Crippen LogP contribution in [-0.2, 0) is 9.83 Å². The van der Waals surface area contributed by atoms with Crippen molar-refractivity contribution in [3.8, 4) is 0 Å². The van der Waals surface area contributed by atoms with E-state index in [0.717, 1.165) is 12.2 Å². The Morgan fingerprint density at radius 2 is 2.30 bits per heavy atom. The molecule has 0 bridgehead atoms. The first-order valence-corrected chi connectivity index (χ1v) is 6.19. The molecule has 0 fully saturated rings. The maximum atomic E-state index is 10.9. The fourth-order valence-electron chi connectivity index (χ4n) is 0.436. The van der Waals surface area contributed by atoms with Gasteiger partial charge in [0, 0.05) is 11.2 Å². The minimum Gasteiger partial charge on any atom is -0.243 e. The van der Waals surface area contributed by atoms with E-state index in [2.05, 4.69) is 6.92 Å². The van der Waals surface area contributed by atoms with Gasteiger partial charge in [-0.15, -0.1) is 0 Å². The average Bonchev–Trinajstić information content (AvgIpc) is 1.89. The van der Waals surface area contributed by atoms with Gasteiger partial charge in [-0.2, -0.15) is 0 Å². The second-order valence-corrected chi connectivity index (χ2v) is 5.04. The number of rotatable bonds is 5. The first-order chi connectivity index (χ1) is 4.81. The highest BCUT2D eigenvalue weighted by molar-refractivity contribution is 8.70. The third-order valence-electron chi connectivity index (χ3n) is 0.945. The van der Waals surface area contributed by atoms with Crippen LogP contribution in [0.15, 0.2) is 11.5 Å². The van der Waals surface area contributed by atoms with Gasteiger partial charge in [-0.3, -0.25) is 0 Å². The van der Waals surface area contributed by atoms with Crippen molar-refractivity contribution in [3.63, 3.8) is 0 Å². The minimum atomic E-state index is -0.785. The lowest BCUT2D eigenvalue weighted by Crippen LogP contribution is -1.80. The fourth-order valence-corrected chi connectivity index (χ4v) is 2.72. The molecule has 1 nitrogen and oxygen atoms in total. The van der Waals surface area contributed by atoms with Gasteiger partial charge >= 0.3 is 0 Å². The SMILES string of the molecule is CC=CS(=O)SCCCC. The van der Waals surface area contributed by atoms with Gasteiger partial charge in [0.05, 0.1) is 0 Å². The normalized spacial score (nSPS) is 14.2. The van der Waals surface area contributed by atoms with E-state index >= 15 is 0 Å². The molecule has 60 valence electrons. The van der Waals surface area contributed by atoms with E-state index in [-0.39, 0.29) is 0 Å². The van der Waals surface area contributed by atoms with Crippen molar-refractivity contribution >= 4 is 20.6 Å².